The molecule has 0 spiro atoms. The summed E-state index contributed by atoms with van der Waals surface area (Å²) in [5.74, 6) is 0.548. The van der Waals surface area contributed by atoms with Crippen LogP contribution < -0.4 is 10.1 Å². The summed E-state index contributed by atoms with van der Waals surface area (Å²) in [5.41, 5.74) is 1.50. The van der Waals surface area contributed by atoms with Crippen molar-refractivity contribution < 1.29 is 9.53 Å². The van der Waals surface area contributed by atoms with Crippen LogP contribution in [-0.2, 0) is 0 Å². The zero-order valence-corrected chi connectivity index (χ0v) is 10.1. The minimum absolute atomic E-state index is 0.0513. The standard InChI is InChI=1S/C12H14ClNO2/c1-7-5-11(16-2)10(13)6-9(7)12(15)14-8-3-4-8/h5-6,8H,3-4H2,1-2H3,(H,14,15). The van der Waals surface area contributed by atoms with E-state index in [1.807, 2.05) is 6.92 Å². The highest BCUT2D eigenvalue weighted by atomic mass is 35.5. The maximum atomic E-state index is 11.9. The zero-order valence-electron chi connectivity index (χ0n) is 9.34. The lowest BCUT2D eigenvalue weighted by Gasteiger charge is -2.10. The number of ether oxygens (including phenoxy) is 1. The highest BCUT2D eigenvalue weighted by Gasteiger charge is 2.24. The van der Waals surface area contributed by atoms with Crippen LogP contribution in [0.2, 0.25) is 5.02 Å². The van der Waals surface area contributed by atoms with Crippen LogP contribution in [-0.4, -0.2) is 19.1 Å². The summed E-state index contributed by atoms with van der Waals surface area (Å²) in [6.07, 6.45) is 2.16. The first kappa shape index (κ1) is 11.3. The number of hydrogen-bond acceptors (Lipinski definition) is 2. The molecule has 0 bridgehead atoms. The van der Waals surface area contributed by atoms with Crippen molar-refractivity contribution in [3.8, 4) is 5.75 Å². The second kappa shape index (κ2) is 4.34. The maximum absolute atomic E-state index is 11.9. The first-order chi connectivity index (χ1) is 7.61. The van der Waals surface area contributed by atoms with Crippen molar-refractivity contribution in [2.24, 2.45) is 0 Å². The predicted octanol–water partition coefficient (Wildman–Crippen LogP) is 2.55. The molecule has 4 heteroatoms. The fourth-order valence-corrected chi connectivity index (χ4v) is 1.79. The van der Waals surface area contributed by atoms with E-state index in [9.17, 15) is 4.79 Å². The van der Waals surface area contributed by atoms with Crippen LogP contribution in [0, 0.1) is 6.92 Å². The van der Waals surface area contributed by atoms with Gasteiger partial charge < -0.3 is 10.1 Å². The predicted molar refractivity (Wildman–Crippen MR) is 63.2 cm³/mol. The molecule has 1 amide bonds. The second-order valence-electron chi connectivity index (χ2n) is 4.05. The molecular formula is C12H14ClNO2. The van der Waals surface area contributed by atoms with Gasteiger partial charge >= 0.3 is 0 Å². The molecule has 86 valence electrons. The zero-order chi connectivity index (χ0) is 11.7. The Hall–Kier alpha value is -1.22. The summed E-state index contributed by atoms with van der Waals surface area (Å²) in [6, 6.07) is 3.80. The highest BCUT2D eigenvalue weighted by molar-refractivity contribution is 6.32. The SMILES string of the molecule is COc1cc(C)c(C(=O)NC2CC2)cc1Cl. The van der Waals surface area contributed by atoms with E-state index in [0.717, 1.165) is 18.4 Å². The number of aryl methyl sites for hydroxylation is 1. The lowest BCUT2D eigenvalue weighted by Crippen LogP contribution is -2.26. The average Bonchev–Trinajstić information content (AvgIpc) is 3.04. The monoisotopic (exact) mass is 239 g/mol. The van der Waals surface area contributed by atoms with Crippen molar-refractivity contribution in [3.63, 3.8) is 0 Å². The van der Waals surface area contributed by atoms with E-state index in [1.54, 1.807) is 19.2 Å². The summed E-state index contributed by atoms with van der Waals surface area (Å²) >= 11 is 5.99. The van der Waals surface area contributed by atoms with Gasteiger partial charge in [0.25, 0.3) is 5.91 Å². The Bertz CT molecular complexity index is 427. The first-order valence-corrected chi connectivity index (χ1v) is 5.64. The number of nitrogens with one attached hydrogen (secondary N) is 1. The van der Waals surface area contributed by atoms with E-state index in [0.29, 0.717) is 22.4 Å². The Morgan fingerprint density at radius 2 is 2.19 bits per heavy atom. The fraction of sp³-hybridized carbons (Fsp3) is 0.417. The maximum Gasteiger partial charge on any atom is 0.251 e. The molecule has 0 saturated heterocycles. The molecule has 0 heterocycles. The molecule has 1 N–H and O–H groups in total. The van der Waals surface area contributed by atoms with Gasteiger partial charge in [0.1, 0.15) is 5.75 Å². The van der Waals surface area contributed by atoms with Gasteiger partial charge in [0.05, 0.1) is 12.1 Å². The highest BCUT2D eigenvalue weighted by Crippen LogP contribution is 2.28. The Morgan fingerprint density at radius 1 is 1.50 bits per heavy atom. The molecule has 1 aromatic carbocycles. The minimum atomic E-state index is -0.0513. The third-order valence-corrected chi connectivity index (χ3v) is 2.95. The van der Waals surface area contributed by atoms with Gasteiger partial charge in [-0.15, -0.1) is 0 Å². The molecule has 1 fully saturated rings. The number of benzene rings is 1. The first-order valence-electron chi connectivity index (χ1n) is 5.27. The Balaban J connectivity index is 2.25. The van der Waals surface area contributed by atoms with Crippen molar-refractivity contribution in [3.05, 3.63) is 28.3 Å². The normalized spacial score (nSPS) is 14.7. The van der Waals surface area contributed by atoms with Gasteiger partial charge in [0.2, 0.25) is 0 Å². The largest absolute Gasteiger partial charge is 0.495 e. The third-order valence-electron chi connectivity index (χ3n) is 2.66. The lowest BCUT2D eigenvalue weighted by atomic mass is 10.1. The van der Waals surface area contributed by atoms with E-state index >= 15 is 0 Å². The van der Waals surface area contributed by atoms with Gasteiger partial charge in [-0.25, -0.2) is 0 Å². The molecule has 0 aromatic heterocycles. The molecule has 1 aliphatic rings. The van der Waals surface area contributed by atoms with Crippen molar-refractivity contribution in [1.82, 2.24) is 5.32 Å². The van der Waals surface area contributed by atoms with E-state index in [2.05, 4.69) is 5.32 Å². The van der Waals surface area contributed by atoms with Crippen molar-refractivity contribution in [2.75, 3.05) is 7.11 Å². The molecule has 0 radical (unpaired) electrons. The number of amides is 1. The molecule has 2 rings (SSSR count). The molecule has 1 aromatic rings. The Labute approximate surface area is 99.7 Å². The van der Waals surface area contributed by atoms with Gasteiger partial charge in [-0.2, -0.15) is 0 Å². The van der Waals surface area contributed by atoms with Crippen LogP contribution in [0.15, 0.2) is 12.1 Å². The summed E-state index contributed by atoms with van der Waals surface area (Å²) in [4.78, 5) is 11.9. The van der Waals surface area contributed by atoms with E-state index in [-0.39, 0.29) is 5.91 Å². The number of carbonyl (C=O) groups is 1. The number of hydrogen-bond donors (Lipinski definition) is 1. The molecule has 1 saturated carbocycles. The average molecular weight is 240 g/mol. The molecular weight excluding hydrogens is 226 g/mol. The van der Waals surface area contributed by atoms with Gasteiger partial charge in [-0.05, 0) is 37.5 Å². The molecule has 1 aliphatic carbocycles. The van der Waals surface area contributed by atoms with E-state index in [1.165, 1.54) is 0 Å². The van der Waals surface area contributed by atoms with Gasteiger partial charge in [-0.1, -0.05) is 11.6 Å². The van der Waals surface area contributed by atoms with Crippen molar-refractivity contribution in [1.29, 1.82) is 0 Å². The van der Waals surface area contributed by atoms with Gasteiger partial charge in [0, 0.05) is 11.6 Å². The van der Waals surface area contributed by atoms with Crippen LogP contribution in [0.4, 0.5) is 0 Å². The lowest BCUT2D eigenvalue weighted by molar-refractivity contribution is 0.0950. The Kier molecular flexibility index (Phi) is 3.06. The third kappa shape index (κ3) is 2.30. The molecule has 0 atom stereocenters. The number of methoxy groups -OCH3 is 1. The van der Waals surface area contributed by atoms with Crippen molar-refractivity contribution >= 4 is 17.5 Å². The molecule has 0 unspecified atom stereocenters. The summed E-state index contributed by atoms with van der Waals surface area (Å²) in [5, 5.41) is 3.40. The Morgan fingerprint density at radius 3 is 2.75 bits per heavy atom. The van der Waals surface area contributed by atoms with Gasteiger partial charge in [-0.3, -0.25) is 4.79 Å². The fourth-order valence-electron chi connectivity index (χ4n) is 1.55. The quantitative estimate of drug-likeness (QED) is 0.881. The topological polar surface area (TPSA) is 38.3 Å². The number of carbonyl (C=O) groups excluding carboxylic acids is 1. The number of rotatable bonds is 3. The molecule has 0 aliphatic heterocycles. The number of halogens is 1. The minimum Gasteiger partial charge on any atom is -0.495 e. The van der Waals surface area contributed by atoms with E-state index in [4.69, 9.17) is 16.3 Å². The molecule has 16 heavy (non-hydrogen) atoms. The van der Waals surface area contributed by atoms with Crippen LogP contribution in [0.25, 0.3) is 0 Å². The van der Waals surface area contributed by atoms with E-state index < -0.39 is 0 Å². The van der Waals surface area contributed by atoms with Crippen LogP contribution >= 0.6 is 11.6 Å². The smallest absolute Gasteiger partial charge is 0.251 e. The van der Waals surface area contributed by atoms with Gasteiger partial charge in [0.15, 0.2) is 0 Å². The second-order valence-corrected chi connectivity index (χ2v) is 4.46. The van der Waals surface area contributed by atoms with Crippen LogP contribution in [0.5, 0.6) is 5.75 Å². The van der Waals surface area contributed by atoms with Crippen LogP contribution in [0.1, 0.15) is 28.8 Å². The summed E-state index contributed by atoms with van der Waals surface area (Å²) < 4.78 is 5.09. The van der Waals surface area contributed by atoms with Crippen LogP contribution in [0.3, 0.4) is 0 Å². The molecule has 3 nitrogen and oxygen atoms in total. The summed E-state index contributed by atoms with van der Waals surface area (Å²) in [6.45, 7) is 1.88. The summed E-state index contributed by atoms with van der Waals surface area (Å²) in [7, 11) is 1.56. The van der Waals surface area contributed by atoms with Crippen molar-refractivity contribution in [2.45, 2.75) is 25.8 Å².